The normalized spacial score (nSPS) is 17.0. The van der Waals surface area contributed by atoms with E-state index >= 15 is 0 Å². The van der Waals surface area contributed by atoms with Gasteiger partial charge < -0.3 is 15.0 Å². The largest absolute Gasteiger partial charge is 0.495 e. The van der Waals surface area contributed by atoms with Crippen molar-refractivity contribution in [3.8, 4) is 5.75 Å². The summed E-state index contributed by atoms with van der Waals surface area (Å²) in [6.45, 7) is 2.28. The highest BCUT2D eigenvalue weighted by Crippen LogP contribution is 2.34. The number of thioether (sulfide) groups is 1. The lowest BCUT2D eigenvalue weighted by Crippen LogP contribution is -2.36. The van der Waals surface area contributed by atoms with E-state index in [0.717, 1.165) is 23.4 Å². The summed E-state index contributed by atoms with van der Waals surface area (Å²) < 4.78 is 7.34. The van der Waals surface area contributed by atoms with Gasteiger partial charge in [0.25, 0.3) is 0 Å². The Labute approximate surface area is 191 Å². The van der Waals surface area contributed by atoms with Crippen LogP contribution in [-0.2, 0) is 9.59 Å². The molecular formula is C23H27N5O3S. The summed E-state index contributed by atoms with van der Waals surface area (Å²) in [4.78, 5) is 27.7. The Morgan fingerprint density at radius 3 is 2.94 bits per heavy atom. The molecule has 1 aliphatic heterocycles. The number of ether oxygens (including phenoxy) is 1. The van der Waals surface area contributed by atoms with Gasteiger partial charge in [0.05, 0.1) is 24.8 Å². The van der Waals surface area contributed by atoms with E-state index in [0.29, 0.717) is 23.8 Å². The Morgan fingerprint density at radius 2 is 2.16 bits per heavy atom. The summed E-state index contributed by atoms with van der Waals surface area (Å²) in [5.74, 6) is 1.52. The second-order valence-corrected chi connectivity index (χ2v) is 8.90. The van der Waals surface area contributed by atoms with Gasteiger partial charge in [0.1, 0.15) is 5.75 Å². The lowest BCUT2D eigenvalue weighted by Gasteiger charge is -2.21. The van der Waals surface area contributed by atoms with Crippen molar-refractivity contribution in [3.05, 3.63) is 54.0 Å². The van der Waals surface area contributed by atoms with Gasteiger partial charge in [0, 0.05) is 19.2 Å². The molecule has 168 valence electrons. The first-order valence-corrected chi connectivity index (χ1v) is 11.9. The fourth-order valence-corrected chi connectivity index (χ4v) is 4.49. The number of rotatable bonds is 8. The van der Waals surface area contributed by atoms with Gasteiger partial charge in [0.2, 0.25) is 11.8 Å². The average molecular weight is 454 g/mol. The van der Waals surface area contributed by atoms with Crippen LogP contribution in [0.3, 0.4) is 0 Å². The quantitative estimate of drug-likeness (QED) is 0.564. The number of anilines is 1. The van der Waals surface area contributed by atoms with E-state index in [2.05, 4.69) is 15.5 Å². The third kappa shape index (κ3) is 4.43. The highest BCUT2D eigenvalue weighted by Gasteiger charge is 2.37. The number of carbonyl (C=O) groups is 2. The predicted molar refractivity (Wildman–Crippen MR) is 125 cm³/mol. The Balaban J connectivity index is 1.53. The minimum absolute atomic E-state index is 0.0809. The van der Waals surface area contributed by atoms with Crippen molar-refractivity contribution in [2.45, 2.75) is 25.8 Å². The molecule has 2 aromatic heterocycles. The minimum atomic E-state index is -0.441. The van der Waals surface area contributed by atoms with Gasteiger partial charge in [-0.15, -0.1) is 10.2 Å². The third-order valence-corrected chi connectivity index (χ3v) is 6.34. The van der Waals surface area contributed by atoms with Gasteiger partial charge in [-0.3, -0.25) is 14.0 Å². The number of benzene rings is 1. The zero-order valence-corrected chi connectivity index (χ0v) is 19.3. The van der Waals surface area contributed by atoms with Crippen LogP contribution in [0.25, 0.3) is 5.65 Å². The molecule has 0 bridgehead atoms. The molecule has 1 fully saturated rings. The fraction of sp³-hybridized carbons (Fsp3) is 0.391. The van der Waals surface area contributed by atoms with Gasteiger partial charge in [0.15, 0.2) is 11.5 Å². The number of carbonyl (C=O) groups excluding carboxylic acids is 2. The molecule has 0 aliphatic carbocycles. The molecule has 3 aromatic rings. The monoisotopic (exact) mass is 453 g/mol. The Hall–Kier alpha value is -3.07. The number of methoxy groups -OCH3 is 1. The van der Waals surface area contributed by atoms with Gasteiger partial charge in [-0.2, -0.15) is 11.8 Å². The van der Waals surface area contributed by atoms with Crippen molar-refractivity contribution >= 4 is 34.9 Å². The zero-order valence-electron chi connectivity index (χ0n) is 18.4. The van der Waals surface area contributed by atoms with Crippen LogP contribution in [0, 0.1) is 12.8 Å². The van der Waals surface area contributed by atoms with E-state index < -0.39 is 5.92 Å². The van der Waals surface area contributed by atoms with Crippen molar-refractivity contribution in [2.75, 3.05) is 30.6 Å². The standard InChI is InChI=1S/C23H27N5O3S/c1-15-7-8-19(31-2)18(12-15)28-14-16(13-21(28)29)23(30)24-17(9-11-32-3)22-26-25-20-6-4-5-10-27(20)22/h4-8,10,12,16-17H,9,11,13-14H2,1-3H3,(H,24,30). The lowest BCUT2D eigenvalue weighted by molar-refractivity contribution is -0.127. The maximum absolute atomic E-state index is 13.2. The molecule has 1 saturated heterocycles. The Bertz CT molecular complexity index is 1130. The van der Waals surface area contributed by atoms with E-state index in [1.807, 2.05) is 60.2 Å². The first kappa shape index (κ1) is 22.1. The van der Waals surface area contributed by atoms with Crippen molar-refractivity contribution in [2.24, 2.45) is 5.92 Å². The van der Waals surface area contributed by atoms with Crippen molar-refractivity contribution < 1.29 is 14.3 Å². The molecule has 2 unspecified atom stereocenters. The molecule has 8 nitrogen and oxygen atoms in total. The lowest BCUT2D eigenvalue weighted by atomic mass is 10.1. The highest BCUT2D eigenvalue weighted by atomic mass is 32.2. The molecule has 0 spiro atoms. The van der Waals surface area contributed by atoms with Crippen LogP contribution in [0.2, 0.25) is 0 Å². The van der Waals surface area contributed by atoms with E-state index in [1.54, 1.807) is 23.8 Å². The smallest absolute Gasteiger partial charge is 0.227 e. The third-order valence-electron chi connectivity index (χ3n) is 5.70. The molecule has 0 radical (unpaired) electrons. The van der Waals surface area contributed by atoms with Gasteiger partial charge in [-0.25, -0.2) is 0 Å². The van der Waals surface area contributed by atoms with Gasteiger partial charge in [-0.1, -0.05) is 12.1 Å². The summed E-state index contributed by atoms with van der Waals surface area (Å²) >= 11 is 1.71. The molecule has 32 heavy (non-hydrogen) atoms. The number of fused-ring (bicyclic) bond motifs is 1. The van der Waals surface area contributed by atoms with Crippen molar-refractivity contribution in [3.63, 3.8) is 0 Å². The summed E-state index contributed by atoms with van der Waals surface area (Å²) in [7, 11) is 1.58. The van der Waals surface area contributed by atoms with E-state index in [4.69, 9.17) is 4.74 Å². The first-order chi connectivity index (χ1) is 15.5. The molecule has 3 heterocycles. The van der Waals surface area contributed by atoms with Crippen molar-refractivity contribution in [1.82, 2.24) is 19.9 Å². The van der Waals surface area contributed by atoms with Crippen LogP contribution < -0.4 is 15.0 Å². The number of pyridine rings is 1. The van der Waals surface area contributed by atoms with E-state index in [-0.39, 0.29) is 24.3 Å². The topological polar surface area (TPSA) is 88.8 Å². The summed E-state index contributed by atoms with van der Waals surface area (Å²) in [5, 5.41) is 11.7. The molecule has 0 saturated carbocycles. The number of nitrogens with zero attached hydrogens (tertiary/aromatic N) is 4. The van der Waals surface area contributed by atoms with Crippen LogP contribution in [0.4, 0.5) is 5.69 Å². The summed E-state index contributed by atoms with van der Waals surface area (Å²) in [6.07, 6.45) is 4.81. The zero-order chi connectivity index (χ0) is 22.7. The molecule has 2 atom stereocenters. The van der Waals surface area contributed by atoms with Gasteiger partial charge >= 0.3 is 0 Å². The highest BCUT2D eigenvalue weighted by molar-refractivity contribution is 7.98. The fourth-order valence-electron chi connectivity index (χ4n) is 4.02. The number of hydrogen-bond acceptors (Lipinski definition) is 6. The molecule has 1 N–H and O–H groups in total. The van der Waals surface area contributed by atoms with Crippen LogP contribution >= 0.6 is 11.8 Å². The van der Waals surface area contributed by atoms with Crippen molar-refractivity contribution in [1.29, 1.82) is 0 Å². The number of amides is 2. The second-order valence-electron chi connectivity index (χ2n) is 7.91. The van der Waals surface area contributed by atoms with Crippen LogP contribution in [0.1, 0.15) is 30.3 Å². The second kappa shape index (κ2) is 9.60. The Kier molecular flexibility index (Phi) is 6.64. The number of hydrogen-bond donors (Lipinski definition) is 1. The first-order valence-electron chi connectivity index (χ1n) is 10.6. The number of aryl methyl sites for hydroxylation is 1. The molecule has 1 aromatic carbocycles. The maximum Gasteiger partial charge on any atom is 0.227 e. The predicted octanol–water partition coefficient (Wildman–Crippen LogP) is 3.01. The Morgan fingerprint density at radius 1 is 1.31 bits per heavy atom. The van der Waals surface area contributed by atoms with E-state index in [1.165, 1.54) is 0 Å². The maximum atomic E-state index is 13.2. The molecule has 4 rings (SSSR count). The van der Waals surface area contributed by atoms with Gasteiger partial charge in [-0.05, 0) is 55.2 Å². The van der Waals surface area contributed by atoms with E-state index in [9.17, 15) is 9.59 Å². The van der Waals surface area contributed by atoms with Crippen LogP contribution in [0.5, 0.6) is 5.75 Å². The minimum Gasteiger partial charge on any atom is -0.495 e. The van der Waals surface area contributed by atoms with Crippen LogP contribution in [0.15, 0.2) is 42.6 Å². The molecular weight excluding hydrogens is 426 g/mol. The SMILES string of the molecule is COc1ccc(C)cc1N1CC(C(=O)NC(CCSC)c2nnc3ccccn23)CC1=O. The number of aromatic nitrogens is 3. The summed E-state index contributed by atoms with van der Waals surface area (Å²) in [5.41, 5.74) is 2.46. The van der Waals surface area contributed by atoms with Crippen LogP contribution in [-0.4, -0.2) is 52.1 Å². The molecule has 9 heteroatoms. The average Bonchev–Trinajstić information content (AvgIpc) is 3.40. The summed E-state index contributed by atoms with van der Waals surface area (Å²) in [6, 6.07) is 11.1. The number of nitrogens with one attached hydrogen (secondary N) is 1. The molecule has 1 aliphatic rings. The molecule has 2 amide bonds.